The van der Waals surface area contributed by atoms with Crippen molar-refractivity contribution in [1.82, 2.24) is 19.8 Å². The number of rotatable bonds is 3. The van der Waals surface area contributed by atoms with Gasteiger partial charge in [-0.15, -0.1) is 0 Å². The van der Waals surface area contributed by atoms with E-state index in [4.69, 9.17) is 9.97 Å². The molecule has 1 atom stereocenters. The van der Waals surface area contributed by atoms with Crippen molar-refractivity contribution >= 4 is 23.3 Å². The molecule has 1 aromatic heterocycles. The molecule has 3 aliphatic heterocycles. The maximum absolute atomic E-state index is 13.3. The first kappa shape index (κ1) is 20.9. The van der Waals surface area contributed by atoms with E-state index in [9.17, 15) is 9.59 Å². The number of likely N-dealkylation sites (tertiary alicyclic amines) is 1. The Morgan fingerprint density at radius 1 is 1.16 bits per heavy atom. The van der Waals surface area contributed by atoms with Gasteiger partial charge in [-0.25, -0.2) is 9.97 Å². The number of benzene rings is 1. The van der Waals surface area contributed by atoms with Gasteiger partial charge in [0, 0.05) is 63.2 Å². The summed E-state index contributed by atoms with van der Waals surface area (Å²) in [5, 5.41) is 6.14. The van der Waals surface area contributed by atoms with E-state index in [0.717, 1.165) is 60.9 Å². The minimum absolute atomic E-state index is 0.0519. The highest BCUT2D eigenvalue weighted by molar-refractivity contribution is 6.01. The first-order valence-electron chi connectivity index (χ1n) is 11.5. The van der Waals surface area contributed by atoms with Crippen LogP contribution in [0.5, 0.6) is 0 Å². The molecule has 8 nitrogen and oxygen atoms in total. The van der Waals surface area contributed by atoms with E-state index in [-0.39, 0.29) is 24.2 Å². The quantitative estimate of drug-likeness (QED) is 0.771. The summed E-state index contributed by atoms with van der Waals surface area (Å²) in [7, 11) is 4.04. The van der Waals surface area contributed by atoms with E-state index >= 15 is 0 Å². The predicted octanol–water partition coefficient (Wildman–Crippen LogP) is 2.34. The lowest BCUT2D eigenvalue weighted by atomic mass is 9.88. The lowest BCUT2D eigenvalue weighted by molar-refractivity contribution is -0.136. The summed E-state index contributed by atoms with van der Waals surface area (Å²) in [6.45, 7) is 3.22. The standard InChI is InChI=1S/C24H30N6O2/c1-25-23-18-14-29(2)10-9-20(18)27-22(28-23)15-7-11-30(12-8-15)24(32)17-13-21(31)26-19-6-4-3-5-16(17)19/h3-6,15,17H,7-14H2,1-2H3,(H,26,31)(H,25,27,28). The molecule has 0 radical (unpaired) electrons. The third-order valence-corrected chi connectivity index (χ3v) is 6.97. The molecule has 2 amide bonds. The van der Waals surface area contributed by atoms with Crippen molar-refractivity contribution in [1.29, 1.82) is 0 Å². The highest BCUT2D eigenvalue weighted by Gasteiger charge is 2.35. The van der Waals surface area contributed by atoms with Gasteiger partial charge in [0.05, 0.1) is 11.6 Å². The molecule has 4 heterocycles. The van der Waals surface area contributed by atoms with Gasteiger partial charge < -0.3 is 20.4 Å². The zero-order valence-corrected chi connectivity index (χ0v) is 18.7. The van der Waals surface area contributed by atoms with Gasteiger partial charge in [0.15, 0.2) is 0 Å². The maximum atomic E-state index is 13.3. The Morgan fingerprint density at radius 2 is 1.94 bits per heavy atom. The molecule has 0 bridgehead atoms. The third kappa shape index (κ3) is 3.83. The smallest absolute Gasteiger partial charge is 0.230 e. The number of amides is 2. The van der Waals surface area contributed by atoms with Gasteiger partial charge in [0.25, 0.3) is 0 Å². The van der Waals surface area contributed by atoms with Crippen LogP contribution in [0.3, 0.4) is 0 Å². The summed E-state index contributed by atoms with van der Waals surface area (Å²) in [5.41, 5.74) is 4.03. The topological polar surface area (TPSA) is 90.5 Å². The molecule has 32 heavy (non-hydrogen) atoms. The van der Waals surface area contributed by atoms with Gasteiger partial charge in [-0.3, -0.25) is 9.59 Å². The zero-order chi connectivity index (χ0) is 22.2. The summed E-state index contributed by atoms with van der Waals surface area (Å²) in [5.74, 6) is 1.63. The van der Waals surface area contributed by atoms with Crippen LogP contribution in [-0.4, -0.2) is 65.3 Å². The normalized spacial score (nSPS) is 21.5. The molecule has 5 rings (SSSR count). The van der Waals surface area contributed by atoms with E-state index in [0.29, 0.717) is 13.1 Å². The average molecular weight is 435 g/mol. The average Bonchev–Trinajstić information content (AvgIpc) is 2.82. The number of carbonyl (C=O) groups excluding carboxylic acids is 2. The SMILES string of the molecule is CNc1nc(C2CCN(C(=O)C3CC(=O)Nc4ccccc43)CC2)nc2c1CN(C)CC2. The molecule has 1 saturated heterocycles. The van der Waals surface area contributed by atoms with Crippen LogP contribution in [0.15, 0.2) is 24.3 Å². The van der Waals surface area contributed by atoms with Crippen molar-refractivity contribution < 1.29 is 9.59 Å². The molecular formula is C24H30N6O2. The Morgan fingerprint density at radius 3 is 2.72 bits per heavy atom. The van der Waals surface area contributed by atoms with Gasteiger partial charge in [-0.05, 0) is 31.5 Å². The Balaban J connectivity index is 1.30. The first-order chi connectivity index (χ1) is 15.5. The van der Waals surface area contributed by atoms with Crippen molar-refractivity contribution in [2.24, 2.45) is 0 Å². The van der Waals surface area contributed by atoms with E-state index in [2.05, 4.69) is 22.6 Å². The first-order valence-corrected chi connectivity index (χ1v) is 11.5. The molecule has 1 aromatic carbocycles. The van der Waals surface area contributed by atoms with Crippen LogP contribution in [0.1, 0.15) is 53.7 Å². The highest BCUT2D eigenvalue weighted by atomic mass is 16.2. The molecule has 1 fully saturated rings. The number of para-hydroxylation sites is 1. The summed E-state index contributed by atoms with van der Waals surface area (Å²) < 4.78 is 0. The molecule has 0 saturated carbocycles. The lowest BCUT2D eigenvalue weighted by Gasteiger charge is -2.35. The van der Waals surface area contributed by atoms with Crippen LogP contribution in [-0.2, 0) is 22.6 Å². The van der Waals surface area contributed by atoms with Crippen LogP contribution in [0.2, 0.25) is 0 Å². The number of anilines is 2. The predicted molar refractivity (Wildman–Crippen MR) is 123 cm³/mol. The Bertz CT molecular complexity index is 1030. The summed E-state index contributed by atoms with van der Waals surface area (Å²) in [6.07, 6.45) is 2.84. The molecule has 3 aliphatic rings. The number of hydrogen-bond donors (Lipinski definition) is 2. The number of nitrogens with zero attached hydrogens (tertiary/aromatic N) is 4. The Labute approximate surface area is 188 Å². The number of hydrogen-bond acceptors (Lipinski definition) is 6. The van der Waals surface area contributed by atoms with Gasteiger partial charge in [-0.2, -0.15) is 0 Å². The van der Waals surface area contributed by atoms with Crippen molar-refractivity contribution in [3.05, 3.63) is 46.9 Å². The zero-order valence-electron chi connectivity index (χ0n) is 18.7. The van der Waals surface area contributed by atoms with E-state index in [1.54, 1.807) is 0 Å². The van der Waals surface area contributed by atoms with Crippen molar-refractivity contribution in [3.63, 3.8) is 0 Å². The summed E-state index contributed by atoms with van der Waals surface area (Å²) >= 11 is 0. The molecule has 168 valence electrons. The van der Waals surface area contributed by atoms with Gasteiger partial charge in [-0.1, -0.05) is 18.2 Å². The monoisotopic (exact) mass is 434 g/mol. The van der Waals surface area contributed by atoms with Gasteiger partial charge in [0.2, 0.25) is 11.8 Å². The largest absolute Gasteiger partial charge is 0.373 e. The Hall–Kier alpha value is -3.00. The fraction of sp³-hybridized carbons (Fsp3) is 0.500. The number of piperidine rings is 1. The molecule has 2 N–H and O–H groups in total. The highest BCUT2D eigenvalue weighted by Crippen LogP contribution is 2.35. The number of carbonyl (C=O) groups is 2. The summed E-state index contributed by atoms with van der Waals surface area (Å²) in [6, 6.07) is 7.62. The number of fused-ring (bicyclic) bond motifs is 2. The van der Waals surface area contributed by atoms with Crippen LogP contribution in [0.25, 0.3) is 0 Å². The van der Waals surface area contributed by atoms with Crippen LogP contribution in [0.4, 0.5) is 11.5 Å². The minimum atomic E-state index is -0.399. The lowest BCUT2D eigenvalue weighted by Crippen LogP contribution is -2.43. The van der Waals surface area contributed by atoms with E-state index in [1.165, 1.54) is 5.56 Å². The minimum Gasteiger partial charge on any atom is -0.373 e. The number of nitrogens with one attached hydrogen (secondary N) is 2. The van der Waals surface area contributed by atoms with Crippen LogP contribution in [0, 0.1) is 0 Å². The Kier molecular flexibility index (Phi) is 5.55. The van der Waals surface area contributed by atoms with Crippen molar-refractivity contribution in [2.45, 2.75) is 44.1 Å². The van der Waals surface area contributed by atoms with Crippen molar-refractivity contribution in [3.8, 4) is 0 Å². The number of aromatic nitrogens is 2. The second-order valence-electron chi connectivity index (χ2n) is 9.09. The molecule has 0 aliphatic carbocycles. The van der Waals surface area contributed by atoms with E-state index in [1.807, 2.05) is 36.2 Å². The third-order valence-electron chi connectivity index (χ3n) is 6.97. The molecular weight excluding hydrogens is 404 g/mol. The fourth-order valence-electron chi connectivity index (χ4n) is 5.17. The molecule has 2 aromatic rings. The molecule has 0 spiro atoms. The molecule has 8 heteroatoms. The second kappa shape index (κ2) is 8.50. The fourth-order valence-corrected chi connectivity index (χ4v) is 5.17. The van der Waals surface area contributed by atoms with Gasteiger partial charge in [0.1, 0.15) is 11.6 Å². The van der Waals surface area contributed by atoms with E-state index < -0.39 is 5.92 Å². The van der Waals surface area contributed by atoms with Gasteiger partial charge >= 0.3 is 0 Å². The molecule has 1 unspecified atom stereocenters. The van der Waals surface area contributed by atoms with Crippen LogP contribution >= 0.6 is 0 Å². The summed E-state index contributed by atoms with van der Waals surface area (Å²) in [4.78, 5) is 39.5. The van der Waals surface area contributed by atoms with Crippen LogP contribution < -0.4 is 10.6 Å². The maximum Gasteiger partial charge on any atom is 0.230 e. The second-order valence-corrected chi connectivity index (χ2v) is 9.09. The van der Waals surface area contributed by atoms with Crippen molar-refractivity contribution in [2.75, 3.05) is 44.4 Å². The number of likely N-dealkylation sites (N-methyl/N-ethyl adjacent to an activating group) is 1.